The summed E-state index contributed by atoms with van der Waals surface area (Å²) in [5.74, 6) is -1.21. The maximum atomic E-state index is 12.5. The lowest BCUT2D eigenvalue weighted by molar-refractivity contribution is 0.0688. The van der Waals surface area contributed by atoms with Gasteiger partial charge in [0.05, 0.1) is 30.5 Å². The van der Waals surface area contributed by atoms with Gasteiger partial charge in [0.15, 0.2) is 15.5 Å². The molecule has 0 aliphatic rings. The predicted molar refractivity (Wildman–Crippen MR) is 146 cm³/mol. The topological polar surface area (TPSA) is 102 Å². The number of benzene rings is 2. The molecule has 0 saturated heterocycles. The minimum atomic E-state index is -3.48. The first-order valence-corrected chi connectivity index (χ1v) is 15.0. The minimum absolute atomic E-state index is 0.0928. The fourth-order valence-corrected chi connectivity index (χ4v) is 7.04. The fourth-order valence-electron chi connectivity index (χ4n) is 3.60. The van der Waals surface area contributed by atoms with Gasteiger partial charge in [0, 0.05) is 22.6 Å². The molecule has 0 aliphatic carbocycles. The number of aromatic carboxylic acids is 1. The molecule has 0 radical (unpaired) electrons. The SMILES string of the molecule is Cc1nn(-c2nc(-c3ccc(Cl)c(Cl)c3)c(SC(C)C)s2)c(C(=O)O)c1-c1cccc(S(C)(=O)=O)c1. The van der Waals surface area contributed by atoms with Crippen LogP contribution in [0.25, 0.3) is 27.5 Å². The van der Waals surface area contributed by atoms with Crippen LogP contribution < -0.4 is 0 Å². The summed E-state index contributed by atoms with van der Waals surface area (Å²) < 4.78 is 26.4. The Morgan fingerprint density at radius 2 is 1.83 bits per heavy atom. The second kappa shape index (κ2) is 10.2. The van der Waals surface area contributed by atoms with Crippen molar-refractivity contribution in [3.63, 3.8) is 0 Å². The standard InChI is InChI=1S/C24H21Cl2N3O4S3/c1-12(2)34-23-20(15-8-9-17(25)18(26)11-15)27-24(35-23)29-21(22(30)31)19(13(3)28-29)14-6-5-7-16(10-14)36(4,32)33/h5-12H,1-4H3,(H,30,31). The Bertz CT molecular complexity index is 1590. The number of thiazole rings is 1. The molecule has 0 unspecified atom stereocenters. The number of aromatic nitrogens is 3. The Hall–Kier alpha value is -2.37. The van der Waals surface area contributed by atoms with Crippen LogP contribution in [0.2, 0.25) is 10.0 Å². The van der Waals surface area contributed by atoms with E-state index in [2.05, 4.69) is 18.9 Å². The van der Waals surface area contributed by atoms with Gasteiger partial charge in [-0.25, -0.2) is 18.2 Å². The molecule has 12 heteroatoms. The van der Waals surface area contributed by atoms with E-state index in [0.29, 0.717) is 37.7 Å². The third kappa shape index (κ3) is 5.33. The number of carboxylic acid groups (broad SMARTS) is 1. The highest BCUT2D eigenvalue weighted by Crippen LogP contribution is 2.42. The zero-order chi connectivity index (χ0) is 26.4. The van der Waals surface area contributed by atoms with Crippen molar-refractivity contribution in [2.24, 2.45) is 0 Å². The molecule has 4 rings (SSSR count). The first-order valence-electron chi connectivity index (χ1n) is 10.6. The van der Waals surface area contributed by atoms with Gasteiger partial charge in [0.25, 0.3) is 0 Å². The lowest BCUT2D eigenvalue weighted by Gasteiger charge is -2.06. The molecule has 0 spiro atoms. The number of nitrogens with zero attached hydrogens (tertiary/aromatic N) is 3. The normalized spacial score (nSPS) is 11.9. The van der Waals surface area contributed by atoms with Gasteiger partial charge in [-0.05, 0) is 36.8 Å². The quantitative estimate of drug-likeness (QED) is 0.237. The zero-order valence-corrected chi connectivity index (χ0v) is 23.6. The Morgan fingerprint density at radius 3 is 2.44 bits per heavy atom. The number of hydrogen-bond donors (Lipinski definition) is 1. The number of rotatable bonds is 7. The summed E-state index contributed by atoms with van der Waals surface area (Å²) in [5, 5.41) is 16.1. The van der Waals surface area contributed by atoms with Crippen molar-refractivity contribution in [3.05, 3.63) is 63.9 Å². The molecule has 4 aromatic rings. The third-order valence-electron chi connectivity index (χ3n) is 5.12. The Labute approximate surface area is 227 Å². The van der Waals surface area contributed by atoms with Crippen LogP contribution in [-0.4, -0.2) is 45.8 Å². The molecule has 2 aromatic carbocycles. The first-order chi connectivity index (χ1) is 16.9. The van der Waals surface area contributed by atoms with E-state index >= 15 is 0 Å². The number of carbonyl (C=O) groups is 1. The molecule has 7 nitrogen and oxygen atoms in total. The molecule has 0 atom stereocenters. The van der Waals surface area contributed by atoms with Crippen LogP contribution in [0.15, 0.2) is 51.6 Å². The third-order valence-corrected chi connectivity index (χ3v) is 9.21. The predicted octanol–water partition coefficient (Wildman–Crippen LogP) is 6.88. The molecule has 2 heterocycles. The van der Waals surface area contributed by atoms with Gasteiger partial charge in [-0.15, -0.1) is 11.8 Å². The van der Waals surface area contributed by atoms with Crippen molar-refractivity contribution in [3.8, 4) is 27.5 Å². The first kappa shape index (κ1) is 26.7. The maximum Gasteiger partial charge on any atom is 0.355 e. The molecule has 0 fully saturated rings. The summed E-state index contributed by atoms with van der Waals surface area (Å²) in [6, 6.07) is 11.4. The number of halogens is 2. The van der Waals surface area contributed by atoms with E-state index in [4.69, 9.17) is 28.2 Å². The molecule has 1 N–H and O–H groups in total. The van der Waals surface area contributed by atoms with Crippen LogP contribution in [0, 0.1) is 6.92 Å². The monoisotopic (exact) mass is 581 g/mol. The van der Waals surface area contributed by atoms with Crippen LogP contribution in [0.1, 0.15) is 30.0 Å². The van der Waals surface area contributed by atoms with Crippen molar-refractivity contribution in [1.82, 2.24) is 14.8 Å². The molecule has 2 aromatic heterocycles. The average molecular weight is 583 g/mol. The molecular formula is C24H21Cl2N3O4S3. The maximum absolute atomic E-state index is 12.5. The number of hydrogen-bond acceptors (Lipinski definition) is 7. The number of carboxylic acids is 1. The Kier molecular flexibility index (Phi) is 7.55. The number of thioether (sulfide) groups is 1. The van der Waals surface area contributed by atoms with E-state index in [1.54, 1.807) is 43.0 Å². The minimum Gasteiger partial charge on any atom is -0.476 e. The van der Waals surface area contributed by atoms with E-state index in [0.717, 1.165) is 16.0 Å². The molecular weight excluding hydrogens is 561 g/mol. The van der Waals surface area contributed by atoms with Crippen LogP contribution in [0.5, 0.6) is 0 Å². The van der Waals surface area contributed by atoms with Crippen molar-refractivity contribution in [1.29, 1.82) is 0 Å². The van der Waals surface area contributed by atoms with Crippen molar-refractivity contribution in [2.75, 3.05) is 6.26 Å². The molecule has 0 saturated carbocycles. The fraction of sp³-hybridized carbons (Fsp3) is 0.208. The van der Waals surface area contributed by atoms with Gasteiger partial charge in [0.1, 0.15) is 0 Å². The second-order valence-electron chi connectivity index (χ2n) is 8.25. The summed E-state index contributed by atoms with van der Waals surface area (Å²) in [6.45, 7) is 5.79. The van der Waals surface area contributed by atoms with Crippen LogP contribution >= 0.6 is 46.3 Å². The Morgan fingerprint density at radius 1 is 1.11 bits per heavy atom. The van der Waals surface area contributed by atoms with E-state index < -0.39 is 15.8 Å². The largest absolute Gasteiger partial charge is 0.476 e. The van der Waals surface area contributed by atoms with E-state index in [9.17, 15) is 18.3 Å². The van der Waals surface area contributed by atoms with E-state index in [1.807, 2.05) is 6.07 Å². The lowest BCUT2D eigenvalue weighted by atomic mass is 10.0. The zero-order valence-electron chi connectivity index (χ0n) is 19.6. The van der Waals surface area contributed by atoms with Crippen LogP contribution in [0.4, 0.5) is 0 Å². The van der Waals surface area contributed by atoms with Crippen molar-refractivity contribution < 1.29 is 18.3 Å². The molecule has 0 amide bonds. The van der Waals surface area contributed by atoms with E-state index in [-0.39, 0.29) is 15.8 Å². The van der Waals surface area contributed by atoms with Crippen molar-refractivity contribution in [2.45, 2.75) is 35.1 Å². The second-order valence-corrected chi connectivity index (χ2v) is 13.9. The number of sulfone groups is 1. The molecule has 0 aliphatic heterocycles. The van der Waals surface area contributed by atoms with Crippen LogP contribution in [-0.2, 0) is 9.84 Å². The van der Waals surface area contributed by atoms with Crippen molar-refractivity contribution >= 4 is 62.1 Å². The molecule has 36 heavy (non-hydrogen) atoms. The van der Waals surface area contributed by atoms with Gasteiger partial charge in [-0.1, -0.05) is 66.6 Å². The summed E-state index contributed by atoms with van der Waals surface area (Å²) in [4.78, 5) is 17.3. The van der Waals surface area contributed by atoms with Gasteiger partial charge < -0.3 is 5.11 Å². The van der Waals surface area contributed by atoms with Gasteiger partial charge in [0.2, 0.25) is 5.13 Å². The van der Waals surface area contributed by atoms with Gasteiger partial charge in [-0.3, -0.25) is 0 Å². The smallest absolute Gasteiger partial charge is 0.355 e. The number of aryl methyl sites for hydroxylation is 1. The highest BCUT2D eigenvalue weighted by Gasteiger charge is 2.27. The molecule has 0 bridgehead atoms. The summed E-state index contributed by atoms with van der Waals surface area (Å²) in [6.07, 6.45) is 1.11. The lowest BCUT2D eigenvalue weighted by Crippen LogP contribution is -2.09. The average Bonchev–Trinajstić information content (AvgIpc) is 3.35. The van der Waals surface area contributed by atoms with Gasteiger partial charge in [-0.2, -0.15) is 9.78 Å². The Balaban J connectivity index is 1.93. The summed E-state index contributed by atoms with van der Waals surface area (Å²) in [7, 11) is -3.48. The van der Waals surface area contributed by atoms with Crippen LogP contribution in [0.3, 0.4) is 0 Å². The van der Waals surface area contributed by atoms with Gasteiger partial charge >= 0.3 is 5.97 Å². The highest BCUT2D eigenvalue weighted by atomic mass is 35.5. The highest BCUT2D eigenvalue weighted by molar-refractivity contribution is 8.01. The van der Waals surface area contributed by atoms with E-state index in [1.165, 1.54) is 28.2 Å². The summed E-state index contributed by atoms with van der Waals surface area (Å²) in [5.41, 5.74) is 2.50. The molecule has 188 valence electrons. The summed E-state index contributed by atoms with van der Waals surface area (Å²) >= 11 is 15.3.